The highest BCUT2D eigenvalue weighted by molar-refractivity contribution is 7.09. The lowest BCUT2D eigenvalue weighted by Gasteiger charge is -2.01. The van der Waals surface area contributed by atoms with Crippen LogP contribution in [0.25, 0.3) is 10.9 Å². The highest BCUT2D eigenvalue weighted by Crippen LogP contribution is 2.23. The van der Waals surface area contributed by atoms with Crippen LogP contribution in [0.1, 0.15) is 16.3 Å². The van der Waals surface area contributed by atoms with Gasteiger partial charge in [0.25, 0.3) is 0 Å². The summed E-state index contributed by atoms with van der Waals surface area (Å²) in [5.74, 6) is 0. The minimum atomic E-state index is 0.0738. The minimum absolute atomic E-state index is 0.0738. The van der Waals surface area contributed by atoms with Crippen LogP contribution in [0, 0.1) is 6.92 Å². The molecule has 0 radical (unpaired) electrons. The van der Waals surface area contributed by atoms with Crippen molar-refractivity contribution in [2.24, 2.45) is 0 Å². The highest BCUT2D eigenvalue weighted by atomic mass is 32.1. The molecule has 2 aromatic heterocycles. The maximum Gasteiger partial charge on any atom is 0.113 e. The van der Waals surface area contributed by atoms with E-state index in [9.17, 15) is 5.11 Å². The second kappa shape index (κ2) is 4.55. The van der Waals surface area contributed by atoms with Crippen LogP contribution in [-0.2, 0) is 13.2 Å². The van der Waals surface area contributed by atoms with Crippen molar-refractivity contribution in [1.82, 2.24) is 9.55 Å². The maximum absolute atomic E-state index is 9.39. The van der Waals surface area contributed by atoms with E-state index in [1.54, 1.807) is 11.3 Å². The second-order valence-corrected chi connectivity index (χ2v) is 5.28. The molecule has 0 aliphatic rings. The van der Waals surface area contributed by atoms with Gasteiger partial charge in [-0.05, 0) is 13.0 Å². The van der Waals surface area contributed by atoms with E-state index < -0.39 is 0 Å². The Morgan fingerprint density at radius 1 is 1.33 bits per heavy atom. The van der Waals surface area contributed by atoms with E-state index in [0.717, 1.165) is 33.7 Å². The number of nitrogens with zero attached hydrogens (tertiary/aromatic N) is 2. The fraction of sp³-hybridized carbons (Fsp3) is 0.214. The van der Waals surface area contributed by atoms with Crippen molar-refractivity contribution in [3.05, 3.63) is 52.1 Å². The van der Waals surface area contributed by atoms with Gasteiger partial charge in [0.2, 0.25) is 0 Å². The average molecular weight is 258 g/mol. The molecule has 2 heterocycles. The summed E-state index contributed by atoms with van der Waals surface area (Å²) in [6.45, 7) is 2.84. The number of fused-ring (bicyclic) bond motifs is 1. The molecule has 0 saturated carbocycles. The first-order valence-electron chi connectivity index (χ1n) is 5.86. The van der Waals surface area contributed by atoms with Crippen LogP contribution in [0.5, 0.6) is 0 Å². The van der Waals surface area contributed by atoms with Crippen molar-refractivity contribution >= 4 is 22.2 Å². The van der Waals surface area contributed by atoms with Gasteiger partial charge in [-0.3, -0.25) is 0 Å². The number of aryl methyl sites for hydroxylation is 1. The molecule has 0 bridgehead atoms. The van der Waals surface area contributed by atoms with E-state index in [-0.39, 0.29) is 6.61 Å². The van der Waals surface area contributed by atoms with Crippen LogP contribution in [0.15, 0.2) is 35.8 Å². The molecule has 0 aliphatic carbocycles. The number of thiazole rings is 1. The first kappa shape index (κ1) is 11.4. The van der Waals surface area contributed by atoms with E-state index in [2.05, 4.69) is 21.0 Å². The summed E-state index contributed by atoms with van der Waals surface area (Å²) in [7, 11) is 0. The van der Waals surface area contributed by atoms with Gasteiger partial charge in [-0.15, -0.1) is 11.3 Å². The molecule has 1 aromatic carbocycles. The van der Waals surface area contributed by atoms with E-state index in [1.165, 1.54) is 0 Å². The number of hydrogen-bond acceptors (Lipinski definition) is 3. The second-order valence-electron chi connectivity index (χ2n) is 4.34. The third-order valence-electron chi connectivity index (χ3n) is 3.01. The fourth-order valence-electron chi connectivity index (χ4n) is 2.20. The van der Waals surface area contributed by atoms with Gasteiger partial charge in [-0.25, -0.2) is 4.98 Å². The number of rotatable bonds is 3. The number of hydrogen-bond donors (Lipinski definition) is 1. The van der Waals surface area contributed by atoms with Gasteiger partial charge < -0.3 is 9.67 Å². The zero-order chi connectivity index (χ0) is 12.5. The number of aliphatic hydroxyl groups excluding tert-OH is 1. The van der Waals surface area contributed by atoms with Gasteiger partial charge in [0.15, 0.2) is 0 Å². The third-order valence-corrected chi connectivity index (χ3v) is 3.97. The van der Waals surface area contributed by atoms with Crippen LogP contribution in [-0.4, -0.2) is 14.7 Å². The first-order chi connectivity index (χ1) is 8.78. The normalized spacial score (nSPS) is 11.2. The van der Waals surface area contributed by atoms with Crippen molar-refractivity contribution in [3.8, 4) is 0 Å². The molecule has 4 heteroatoms. The zero-order valence-electron chi connectivity index (χ0n) is 10.1. The number of benzene rings is 1. The molecule has 0 unspecified atom stereocenters. The molecule has 3 nitrogen and oxygen atoms in total. The van der Waals surface area contributed by atoms with Crippen molar-refractivity contribution in [3.63, 3.8) is 0 Å². The van der Waals surface area contributed by atoms with Crippen LogP contribution < -0.4 is 0 Å². The van der Waals surface area contributed by atoms with E-state index in [1.807, 2.05) is 31.3 Å². The third kappa shape index (κ3) is 1.94. The lowest BCUT2D eigenvalue weighted by atomic mass is 10.2. The SMILES string of the molecule is Cc1csc(Cn2cc(CO)c3ccccc32)n1. The van der Waals surface area contributed by atoms with Crippen molar-refractivity contribution in [2.75, 3.05) is 0 Å². The quantitative estimate of drug-likeness (QED) is 0.784. The van der Waals surface area contributed by atoms with Gasteiger partial charge in [0.05, 0.1) is 13.2 Å². The minimum Gasteiger partial charge on any atom is -0.392 e. The Balaban J connectivity index is 2.06. The van der Waals surface area contributed by atoms with Crippen molar-refractivity contribution < 1.29 is 5.11 Å². The Kier molecular flexibility index (Phi) is 2.89. The summed E-state index contributed by atoms with van der Waals surface area (Å²) in [4.78, 5) is 4.48. The molecule has 0 amide bonds. The molecule has 1 N–H and O–H groups in total. The summed E-state index contributed by atoms with van der Waals surface area (Å²) in [6, 6.07) is 8.14. The lowest BCUT2D eigenvalue weighted by Crippen LogP contribution is -1.97. The van der Waals surface area contributed by atoms with Gasteiger partial charge >= 0.3 is 0 Å². The molecule has 0 spiro atoms. The van der Waals surface area contributed by atoms with Gasteiger partial charge in [-0.2, -0.15) is 0 Å². The number of aliphatic hydroxyl groups is 1. The Morgan fingerprint density at radius 3 is 2.89 bits per heavy atom. The monoisotopic (exact) mass is 258 g/mol. The van der Waals surface area contributed by atoms with Crippen molar-refractivity contribution in [1.29, 1.82) is 0 Å². The van der Waals surface area contributed by atoms with E-state index >= 15 is 0 Å². The summed E-state index contributed by atoms with van der Waals surface area (Å²) in [6.07, 6.45) is 2.02. The topological polar surface area (TPSA) is 38.0 Å². The van der Waals surface area contributed by atoms with Crippen LogP contribution in [0.3, 0.4) is 0 Å². The van der Waals surface area contributed by atoms with Gasteiger partial charge in [0.1, 0.15) is 5.01 Å². The van der Waals surface area contributed by atoms with E-state index in [4.69, 9.17) is 0 Å². The predicted molar refractivity (Wildman–Crippen MR) is 73.8 cm³/mol. The molecule has 0 fully saturated rings. The lowest BCUT2D eigenvalue weighted by molar-refractivity contribution is 0.283. The van der Waals surface area contributed by atoms with Crippen LogP contribution in [0.2, 0.25) is 0 Å². The molecule has 18 heavy (non-hydrogen) atoms. The average Bonchev–Trinajstić information content (AvgIpc) is 2.95. The first-order valence-corrected chi connectivity index (χ1v) is 6.74. The Labute approximate surface area is 109 Å². The molecule has 0 aliphatic heterocycles. The smallest absolute Gasteiger partial charge is 0.113 e. The fourth-order valence-corrected chi connectivity index (χ4v) is 2.97. The molecular formula is C14H14N2OS. The Bertz CT molecular complexity index is 684. The summed E-state index contributed by atoms with van der Waals surface area (Å²) >= 11 is 1.68. The van der Waals surface area contributed by atoms with Crippen molar-refractivity contribution in [2.45, 2.75) is 20.1 Å². The van der Waals surface area contributed by atoms with E-state index in [0.29, 0.717) is 0 Å². The molecular weight excluding hydrogens is 244 g/mol. The molecule has 0 atom stereocenters. The standard InChI is InChI=1S/C14H14N2OS/c1-10-9-18-14(15-10)7-16-6-11(8-17)12-4-2-3-5-13(12)16/h2-6,9,17H,7-8H2,1H3. The summed E-state index contributed by atoms with van der Waals surface area (Å²) in [5, 5.41) is 13.7. The van der Waals surface area contributed by atoms with Gasteiger partial charge in [0, 0.05) is 33.7 Å². The Hall–Kier alpha value is -1.65. The molecule has 0 saturated heterocycles. The summed E-state index contributed by atoms with van der Waals surface area (Å²) in [5.41, 5.74) is 3.18. The predicted octanol–water partition coefficient (Wildman–Crippen LogP) is 2.95. The zero-order valence-corrected chi connectivity index (χ0v) is 10.9. The largest absolute Gasteiger partial charge is 0.392 e. The molecule has 92 valence electrons. The maximum atomic E-state index is 9.39. The Morgan fingerprint density at radius 2 is 2.17 bits per heavy atom. The van der Waals surface area contributed by atoms with Gasteiger partial charge in [-0.1, -0.05) is 18.2 Å². The number of para-hydroxylation sites is 1. The molecule has 3 aromatic rings. The highest BCUT2D eigenvalue weighted by Gasteiger charge is 2.08. The molecule has 3 rings (SSSR count). The van der Waals surface area contributed by atoms with Crippen LogP contribution >= 0.6 is 11.3 Å². The number of aromatic nitrogens is 2. The van der Waals surface area contributed by atoms with Crippen LogP contribution in [0.4, 0.5) is 0 Å². The summed E-state index contributed by atoms with van der Waals surface area (Å²) < 4.78 is 2.15.